The van der Waals surface area contributed by atoms with Crippen molar-refractivity contribution in [1.29, 1.82) is 0 Å². The van der Waals surface area contributed by atoms with Crippen molar-refractivity contribution in [2.75, 3.05) is 26.7 Å². The molecule has 0 N–H and O–H groups in total. The quantitative estimate of drug-likeness (QED) is 0.662. The van der Waals surface area contributed by atoms with Crippen LogP contribution in [0.25, 0.3) is 0 Å². The molecule has 2 aliphatic rings. The highest BCUT2D eigenvalue weighted by Gasteiger charge is 2.39. The Bertz CT molecular complexity index is 169. The minimum Gasteiger partial charge on any atom is -0.381 e. The highest BCUT2D eigenvalue weighted by molar-refractivity contribution is 4.92. The predicted octanol–water partition coefficient (Wildman–Crippen LogP) is 1.90. The van der Waals surface area contributed by atoms with Crippen molar-refractivity contribution in [1.82, 2.24) is 4.90 Å². The number of ether oxygens (including phenoxy) is 1. The van der Waals surface area contributed by atoms with Gasteiger partial charge in [-0.1, -0.05) is 6.92 Å². The van der Waals surface area contributed by atoms with E-state index in [1.165, 1.54) is 45.3 Å². The van der Waals surface area contributed by atoms with Crippen LogP contribution in [0.2, 0.25) is 0 Å². The van der Waals surface area contributed by atoms with Crippen molar-refractivity contribution in [2.24, 2.45) is 5.41 Å². The van der Waals surface area contributed by atoms with E-state index in [9.17, 15) is 0 Å². The highest BCUT2D eigenvalue weighted by Crippen LogP contribution is 2.45. The summed E-state index contributed by atoms with van der Waals surface area (Å²) in [5.41, 5.74) is 0.680. The molecule has 0 bridgehead atoms. The normalized spacial score (nSPS) is 29.1. The van der Waals surface area contributed by atoms with Gasteiger partial charge in [-0.2, -0.15) is 0 Å². The van der Waals surface area contributed by atoms with Gasteiger partial charge in [-0.3, -0.25) is 0 Å². The fraction of sp³-hybridized carbons (Fsp3) is 1.00. The van der Waals surface area contributed by atoms with E-state index in [2.05, 4.69) is 11.8 Å². The summed E-state index contributed by atoms with van der Waals surface area (Å²) in [7, 11) is 1.84. The number of likely N-dealkylation sites (tertiary alicyclic amines) is 1. The van der Waals surface area contributed by atoms with Gasteiger partial charge in [0.25, 0.3) is 0 Å². The van der Waals surface area contributed by atoms with Crippen LogP contribution in [0, 0.1) is 5.41 Å². The molecule has 0 aromatic carbocycles. The van der Waals surface area contributed by atoms with Gasteiger partial charge in [0, 0.05) is 26.7 Å². The molecule has 1 heterocycles. The first-order chi connectivity index (χ1) is 6.22. The highest BCUT2D eigenvalue weighted by atomic mass is 16.5. The first kappa shape index (κ1) is 9.47. The Morgan fingerprint density at radius 2 is 1.92 bits per heavy atom. The van der Waals surface area contributed by atoms with Gasteiger partial charge in [0.1, 0.15) is 0 Å². The summed E-state index contributed by atoms with van der Waals surface area (Å²) in [6.07, 6.45) is 5.87. The minimum absolute atomic E-state index is 0.531. The molecule has 1 aliphatic heterocycles. The van der Waals surface area contributed by atoms with Gasteiger partial charge in [0.2, 0.25) is 0 Å². The van der Waals surface area contributed by atoms with E-state index in [1.807, 2.05) is 7.11 Å². The Morgan fingerprint density at radius 3 is 2.38 bits per heavy atom. The van der Waals surface area contributed by atoms with Crippen molar-refractivity contribution in [3.63, 3.8) is 0 Å². The molecule has 0 atom stereocenters. The van der Waals surface area contributed by atoms with Crippen molar-refractivity contribution in [3.05, 3.63) is 0 Å². The molecule has 0 radical (unpaired) electrons. The van der Waals surface area contributed by atoms with Gasteiger partial charge < -0.3 is 9.64 Å². The Labute approximate surface area is 81.3 Å². The topological polar surface area (TPSA) is 12.5 Å². The lowest BCUT2D eigenvalue weighted by Gasteiger charge is -2.32. The Hall–Kier alpha value is -0.0800. The zero-order chi connectivity index (χ0) is 9.31. The maximum atomic E-state index is 5.36. The maximum absolute atomic E-state index is 5.36. The molecule has 0 aromatic rings. The maximum Gasteiger partial charge on any atom is 0.0595 e. The van der Waals surface area contributed by atoms with Crippen molar-refractivity contribution >= 4 is 0 Å². The van der Waals surface area contributed by atoms with E-state index in [1.54, 1.807) is 0 Å². The lowest BCUT2D eigenvalue weighted by molar-refractivity contribution is 0.0360. The molecular formula is C11H21NO. The van der Waals surface area contributed by atoms with Crippen LogP contribution >= 0.6 is 0 Å². The molecule has 1 aliphatic carbocycles. The van der Waals surface area contributed by atoms with E-state index in [4.69, 9.17) is 4.74 Å². The number of methoxy groups -OCH3 is 1. The SMILES string of the molecule is COC1CCN(CC2(C)CC2)CC1. The molecule has 1 saturated heterocycles. The Balaban J connectivity index is 1.72. The molecule has 0 aromatic heterocycles. The van der Waals surface area contributed by atoms with Crippen LogP contribution < -0.4 is 0 Å². The third-order valence-electron chi connectivity index (χ3n) is 3.58. The molecule has 2 fully saturated rings. The van der Waals surface area contributed by atoms with Crippen molar-refractivity contribution in [2.45, 2.75) is 38.7 Å². The number of piperidine rings is 1. The molecule has 76 valence electrons. The molecule has 13 heavy (non-hydrogen) atoms. The predicted molar refractivity (Wildman–Crippen MR) is 53.8 cm³/mol. The summed E-state index contributed by atoms with van der Waals surface area (Å²) in [6, 6.07) is 0. The summed E-state index contributed by atoms with van der Waals surface area (Å²) >= 11 is 0. The average Bonchev–Trinajstić information content (AvgIpc) is 2.85. The number of rotatable bonds is 3. The molecule has 0 spiro atoms. The number of hydrogen-bond acceptors (Lipinski definition) is 2. The molecule has 0 amide bonds. The number of nitrogens with zero attached hydrogens (tertiary/aromatic N) is 1. The Morgan fingerprint density at radius 1 is 1.31 bits per heavy atom. The van der Waals surface area contributed by atoms with E-state index < -0.39 is 0 Å². The lowest BCUT2D eigenvalue weighted by atomic mass is 10.0. The van der Waals surface area contributed by atoms with Gasteiger partial charge in [-0.15, -0.1) is 0 Å². The summed E-state index contributed by atoms with van der Waals surface area (Å²) in [5.74, 6) is 0. The molecule has 2 rings (SSSR count). The van der Waals surface area contributed by atoms with Gasteiger partial charge in [-0.25, -0.2) is 0 Å². The van der Waals surface area contributed by atoms with Crippen LogP contribution in [0.1, 0.15) is 32.6 Å². The standard InChI is InChI=1S/C11H21NO/c1-11(5-6-11)9-12-7-3-10(13-2)4-8-12/h10H,3-9H2,1-2H3. The van der Waals surface area contributed by atoms with Gasteiger partial charge in [-0.05, 0) is 31.1 Å². The zero-order valence-corrected chi connectivity index (χ0v) is 8.88. The fourth-order valence-corrected chi connectivity index (χ4v) is 2.21. The van der Waals surface area contributed by atoms with Crippen LogP contribution in [0.3, 0.4) is 0 Å². The summed E-state index contributed by atoms with van der Waals surface area (Å²) in [5, 5.41) is 0. The smallest absolute Gasteiger partial charge is 0.0595 e. The van der Waals surface area contributed by atoms with E-state index in [0.717, 1.165) is 0 Å². The summed E-state index contributed by atoms with van der Waals surface area (Å²) in [6.45, 7) is 6.22. The van der Waals surface area contributed by atoms with Crippen LogP contribution in [-0.2, 0) is 4.74 Å². The third kappa shape index (κ3) is 2.44. The lowest BCUT2D eigenvalue weighted by Crippen LogP contribution is -2.39. The van der Waals surface area contributed by atoms with Crippen molar-refractivity contribution in [3.8, 4) is 0 Å². The van der Waals surface area contributed by atoms with E-state index in [0.29, 0.717) is 11.5 Å². The first-order valence-corrected chi connectivity index (χ1v) is 5.47. The molecule has 2 nitrogen and oxygen atoms in total. The fourth-order valence-electron chi connectivity index (χ4n) is 2.21. The molecule has 2 heteroatoms. The molecular weight excluding hydrogens is 162 g/mol. The largest absolute Gasteiger partial charge is 0.381 e. The van der Waals surface area contributed by atoms with E-state index >= 15 is 0 Å². The van der Waals surface area contributed by atoms with Gasteiger partial charge >= 0.3 is 0 Å². The van der Waals surface area contributed by atoms with Gasteiger partial charge in [0.05, 0.1) is 6.10 Å². The van der Waals surface area contributed by atoms with Crippen LogP contribution in [0.15, 0.2) is 0 Å². The second-order valence-corrected chi connectivity index (χ2v) is 5.02. The van der Waals surface area contributed by atoms with Crippen LogP contribution in [-0.4, -0.2) is 37.7 Å². The molecule has 0 unspecified atom stereocenters. The zero-order valence-electron chi connectivity index (χ0n) is 8.88. The average molecular weight is 183 g/mol. The van der Waals surface area contributed by atoms with Crippen molar-refractivity contribution < 1.29 is 4.74 Å². The third-order valence-corrected chi connectivity index (χ3v) is 3.58. The number of hydrogen-bond donors (Lipinski definition) is 0. The van der Waals surface area contributed by atoms with Crippen LogP contribution in [0.4, 0.5) is 0 Å². The monoisotopic (exact) mass is 183 g/mol. The summed E-state index contributed by atoms with van der Waals surface area (Å²) < 4.78 is 5.36. The van der Waals surface area contributed by atoms with Crippen LogP contribution in [0.5, 0.6) is 0 Å². The summed E-state index contributed by atoms with van der Waals surface area (Å²) in [4.78, 5) is 2.61. The molecule has 1 saturated carbocycles. The van der Waals surface area contributed by atoms with E-state index in [-0.39, 0.29) is 0 Å². The second kappa shape index (κ2) is 3.58. The second-order valence-electron chi connectivity index (χ2n) is 5.02. The van der Waals surface area contributed by atoms with Gasteiger partial charge in [0.15, 0.2) is 0 Å². The Kier molecular flexibility index (Phi) is 2.61. The first-order valence-electron chi connectivity index (χ1n) is 5.47. The minimum atomic E-state index is 0.531.